The number of imidazole rings is 1. The number of aromatic amines is 1. The summed E-state index contributed by atoms with van der Waals surface area (Å²) in [6.07, 6.45) is 2.44. The van der Waals surface area contributed by atoms with E-state index in [-0.39, 0.29) is 0 Å². The maximum absolute atomic E-state index is 5.65. The summed E-state index contributed by atoms with van der Waals surface area (Å²) in [7, 11) is 3.41. The van der Waals surface area contributed by atoms with Gasteiger partial charge in [0, 0.05) is 19.2 Å². The van der Waals surface area contributed by atoms with Crippen LogP contribution in [-0.2, 0) is 0 Å². The molecule has 1 aliphatic rings. The molecule has 4 rings (SSSR count). The lowest BCUT2D eigenvalue weighted by Crippen LogP contribution is -2.18. The van der Waals surface area contributed by atoms with Gasteiger partial charge < -0.3 is 19.4 Å². The lowest BCUT2D eigenvalue weighted by Gasteiger charge is -2.22. The van der Waals surface area contributed by atoms with Crippen molar-refractivity contribution in [3.8, 4) is 22.9 Å². The predicted molar refractivity (Wildman–Crippen MR) is 96.1 cm³/mol. The molecular weight excluding hydrogens is 302 g/mol. The van der Waals surface area contributed by atoms with E-state index in [2.05, 4.69) is 20.9 Å². The maximum Gasteiger partial charge on any atom is 0.143 e. The Balaban J connectivity index is 1.84. The van der Waals surface area contributed by atoms with Crippen molar-refractivity contribution in [3.05, 3.63) is 36.4 Å². The number of hydrogen-bond donors (Lipinski definition) is 1. The number of hydrogen-bond acceptors (Lipinski definition) is 4. The highest BCUT2D eigenvalue weighted by atomic mass is 16.5. The Hall–Kier alpha value is -2.69. The summed E-state index contributed by atoms with van der Waals surface area (Å²) < 4.78 is 11.3. The molecule has 0 bridgehead atoms. The Morgan fingerprint density at radius 3 is 2.46 bits per heavy atom. The van der Waals surface area contributed by atoms with Gasteiger partial charge in [-0.05, 0) is 31.0 Å². The van der Waals surface area contributed by atoms with Crippen LogP contribution < -0.4 is 14.4 Å². The van der Waals surface area contributed by atoms with Crippen LogP contribution in [-0.4, -0.2) is 37.3 Å². The zero-order valence-corrected chi connectivity index (χ0v) is 14.0. The molecule has 0 radical (unpaired) electrons. The molecule has 1 aromatic heterocycles. The van der Waals surface area contributed by atoms with E-state index < -0.39 is 0 Å². The number of ether oxygens (including phenoxy) is 2. The molecule has 0 aliphatic carbocycles. The Morgan fingerprint density at radius 1 is 1.00 bits per heavy atom. The van der Waals surface area contributed by atoms with Gasteiger partial charge in [-0.25, -0.2) is 4.98 Å². The molecule has 1 aliphatic heterocycles. The number of benzene rings is 2. The summed E-state index contributed by atoms with van der Waals surface area (Å²) in [5.41, 5.74) is 3.95. The third-order valence-corrected chi connectivity index (χ3v) is 4.59. The van der Waals surface area contributed by atoms with Gasteiger partial charge in [0.25, 0.3) is 0 Å². The molecule has 24 heavy (non-hydrogen) atoms. The number of nitrogens with one attached hydrogen (secondary N) is 1. The number of fused-ring (bicyclic) bond motifs is 1. The minimum absolute atomic E-state index is 0.791. The van der Waals surface area contributed by atoms with Gasteiger partial charge in [-0.15, -0.1) is 0 Å². The topological polar surface area (TPSA) is 50.4 Å². The standard InChI is InChI=1S/C19H21N3O2/c1-23-17-12-16(22-9-5-6-10-22)18(24-2)11-13(17)19-20-14-7-3-4-8-15(14)21-19/h3-4,7-8,11-12H,5-6,9-10H2,1-2H3,(H,20,21). The minimum Gasteiger partial charge on any atom is -0.496 e. The summed E-state index contributed by atoms with van der Waals surface area (Å²) in [6, 6.07) is 12.1. The second-order valence-corrected chi connectivity index (χ2v) is 6.02. The second-order valence-electron chi connectivity index (χ2n) is 6.02. The van der Waals surface area contributed by atoms with Gasteiger partial charge in [-0.2, -0.15) is 0 Å². The number of rotatable bonds is 4. The summed E-state index contributed by atoms with van der Waals surface area (Å²) in [6.45, 7) is 2.12. The number of H-pyrrole nitrogens is 1. The quantitative estimate of drug-likeness (QED) is 0.792. The highest BCUT2D eigenvalue weighted by molar-refractivity contribution is 5.82. The van der Waals surface area contributed by atoms with E-state index in [1.807, 2.05) is 30.3 Å². The molecule has 0 unspecified atom stereocenters. The molecule has 5 nitrogen and oxygen atoms in total. The van der Waals surface area contributed by atoms with Crippen molar-refractivity contribution in [2.45, 2.75) is 12.8 Å². The van der Waals surface area contributed by atoms with E-state index in [1.165, 1.54) is 12.8 Å². The van der Waals surface area contributed by atoms with Crippen molar-refractivity contribution >= 4 is 16.7 Å². The summed E-state index contributed by atoms with van der Waals surface area (Å²) in [5, 5.41) is 0. The Labute approximate surface area is 141 Å². The lowest BCUT2D eigenvalue weighted by molar-refractivity contribution is 0.404. The number of aromatic nitrogens is 2. The lowest BCUT2D eigenvalue weighted by atomic mass is 10.1. The average Bonchev–Trinajstić information content (AvgIpc) is 3.29. The molecule has 5 heteroatoms. The first kappa shape index (κ1) is 14.9. The Bertz CT molecular complexity index is 833. The van der Waals surface area contributed by atoms with Gasteiger partial charge in [-0.3, -0.25) is 0 Å². The maximum atomic E-state index is 5.65. The third kappa shape index (κ3) is 2.46. The van der Waals surface area contributed by atoms with Crippen LogP contribution >= 0.6 is 0 Å². The van der Waals surface area contributed by atoms with Crippen LogP contribution in [0.15, 0.2) is 36.4 Å². The molecule has 3 aromatic rings. The van der Waals surface area contributed by atoms with E-state index in [0.29, 0.717) is 0 Å². The second kappa shape index (κ2) is 6.07. The van der Waals surface area contributed by atoms with Crippen LogP contribution in [0.3, 0.4) is 0 Å². The molecule has 0 spiro atoms. The van der Waals surface area contributed by atoms with Crippen LogP contribution in [0.2, 0.25) is 0 Å². The average molecular weight is 323 g/mol. The first-order chi connectivity index (χ1) is 11.8. The monoisotopic (exact) mass is 323 g/mol. The van der Waals surface area contributed by atoms with Gasteiger partial charge in [0.05, 0.1) is 36.5 Å². The van der Waals surface area contributed by atoms with Gasteiger partial charge in [-0.1, -0.05) is 12.1 Å². The number of methoxy groups -OCH3 is 2. The molecule has 1 fully saturated rings. The van der Waals surface area contributed by atoms with Crippen LogP contribution in [0.4, 0.5) is 5.69 Å². The SMILES string of the molecule is COc1cc(N2CCCC2)c(OC)cc1-c1nc2ccccc2[nH]1. The van der Waals surface area contributed by atoms with Crippen LogP contribution in [0.25, 0.3) is 22.4 Å². The van der Waals surface area contributed by atoms with E-state index in [1.54, 1.807) is 14.2 Å². The zero-order chi connectivity index (χ0) is 16.5. The van der Waals surface area contributed by atoms with Crippen LogP contribution in [0.1, 0.15) is 12.8 Å². The van der Waals surface area contributed by atoms with Gasteiger partial charge in [0.15, 0.2) is 0 Å². The van der Waals surface area contributed by atoms with Crippen molar-refractivity contribution in [2.24, 2.45) is 0 Å². The van der Waals surface area contributed by atoms with E-state index in [0.717, 1.165) is 52.7 Å². The fourth-order valence-corrected chi connectivity index (χ4v) is 3.35. The first-order valence-corrected chi connectivity index (χ1v) is 8.26. The van der Waals surface area contributed by atoms with Crippen molar-refractivity contribution in [3.63, 3.8) is 0 Å². The molecule has 0 amide bonds. The molecular formula is C19H21N3O2. The van der Waals surface area contributed by atoms with E-state index in [9.17, 15) is 0 Å². The van der Waals surface area contributed by atoms with Gasteiger partial charge >= 0.3 is 0 Å². The minimum atomic E-state index is 0.791. The molecule has 0 atom stereocenters. The molecule has 1 saturated heterocycles. The summed E-state index contributed by atoms with van der Waals surface area (Å²) in [4.78, 5) is 10.4. The molecule has 2 heterocycles. The van der Waals surface area contributed by atoms with Gasteiger partial charge in [0.1, 0.15) is 17.3 Å². The largest absolute Gasteiger partial charge is 0.496 e. The summed E-state index contributed by atoms with van der Waals surface area (Å²) >= 11 is 0. The fraction of sp³-hybridized carbons (Fsp3) is 0.316. The van der Waals surface area contributed by atoms with Crippen molar-refractivity contribution in [1.29, 1.82) is 0 Å². The van der Waals surface area contributed by atoms with Crippen LogP contribution in [0.5, 0.6) is 11.5 Å². The van der Waals surface area contributed by atoms with E-state index in [4.69, 9.17) is 9.47 Å². The number of anilines is 1. The Morgan fingerprint density at radius 2 is 1.75 bits per heavy atom. The fourth-order valence-electron chi connectivity index (χ4n) is 3.35. The molecule has 124 valence electrons. The zero-order valence-electron chi connectivity index (χ0n) is 14.0. The van der Waals surface area contributed by atoms with Gasteiger partial charge in [0.2, 0.25) is 0 Å². The first-order valence-electron chi connectivity index (χ1n) is 8.26. The smallest absolute Gasteiger partial charge is 0.143 e. The third-order valence-electron chi connectivity index (χ3n) is 4.59. The Kier molecular flexibility index (Phi) is 3.76. The predicted octanol–water partition coefficient (Wildman–Crippen LogP) is 3.85. The van der Waals surface area contributed by atoms with Crippen molar-refractivity contribution in [2.75, 3.05) is 32.2 Å². The molecule has 2 aromatic carbocycles. The molecule has 0 saturated carbocycles. The highest BCUT2D eigenvalue weighted by Crippen LogP contribution is 2.41. The number of para-hydroxylation sites is 2. The van der Waals surface area contributed by atoms with Crippen molar-refractivity contribution in [1.82, 2.24) is 9.97 Å². The normalized spacial score (nSPS) is 14.3. The van der Waals surface area contributed by atoms with Crippen molar-refractivity contribution < 1.29 is 9.47 Å². The van der Waals surface area contributed by atoms with E-state index >= 15 is 0 Å². The highest BCUT2D eigenvalue weighted by Gasteiger charge is 2.21. The van der Waals surface area contributed by atoms with Crippen LogP contribution in [0, 0.1) is 0 Å². The number of nitrogens with zero attached hydrogens (tertiary/aromatic N) is 2. The molecule has 1 N–H and O–H groups in total. The summed E-state index contributed by atoms with van der Waals surface area (Å²) in [5.74, 6) is 2.45.